The summed E-state index contributed by atoms with van der Waals surface area (Å²) >= 11 is 0. The van der Waals surface area contributed by atoms with Gasteiger partial charge in [-0.15, -0.1) is 0 Å². The predicted molar refractivity (Wildman–Crippen MR) is 72.5 cm³/mol. The van der Waals surface area contributed by atoms with E-state index < -0.39 is 6.10 Å². The van der Waals surface area contributed by atoms with Gasteiger partial charge >= 0.3 is 0 Å². The predicted octanol–water partition coefficient (Wildman–Crippen LogP) is 2.80. The lowest BCUT2D eigenvalue weighted by atomic mass is 10.1. The zero-order chi connectivity index (χ0) is 13.1. The Bertz CT molecular complexity index is 515. The van der Waals surface area contributed by atoms with Gasteiger partial charge in [-0.25, -0.2) is 0 Å². The van der Waals surface area contributed by atoms with Gasteiger partial charge in [-0.1, -0.05) is 30.3 Å². The van der Waals surface area contributed by atoms with E-state index in [0.29, 0.717) is 0 Å². The topological polar surface area (TPSA) is 38.0 Å². The van der Waals surface area contributed by atoms with E-state index in [2.05, 4.69) is 29.4 Å². The molecule has 2 rings (SSSR count). The summed E-state index contributed by atoms with van der Waals surface area (Å²) in [4.78, 5) is 0. The van der Waals surface area contributed by atoms with Gasteiger partial charge in [0.2, 0.25) is 0 Å². The molecule has 0 saturated heterocycles. The Balaban J connectivity index is 2.13. The Morgan fingerprint density at radius 3 is 2.44 bits per heavy atom. The van der Waals surface area contributed by atoms with Gasteiger partial charge < -0.3 is 5.11 Å². The Labute approximate surface area is 108 Å². The summed E-state index contributed by atoms with van der Waals surface area (Å²) in [5.74, 6) is 0. The molecular formula is C15H20N2O. The highest BCUT2D eigenvalue weighted by atomic mass is 16.3. The van der Waals surface area contributed by atoms with Crippen LogP contribution in [0.2, 0.25) is 0 Å². The molecule has 1 N–H and O–H groups in total. The number of rotatable bonds is 4. The number of nitrogens with zero attached hydrogens (tertiary/aromatic N) is 2. The molecule has 96 valence electrons. The van der Waals surface area contributed by atoms with Crippen LogP contribution in [0.4, 0.5) is 0 Å². The molecule has 0 spiro atoms. The summed E-state index contributed by atoms with van der Waals surface area (Å²) < 4.78 is 1.99. The number of benzene rings is 1. The van der Waals surface area contributed by atoms with E-state index in [1.807, 2.05) is 24.6 Å². The van der Waals surface area contributed by atoms with Gasteiger partial charge in [0.05, 0.1) is 11.8 Å². The first-order chi connectivity index (χ1) is 8.59. The number of aryl methyl sites for hydroxylation is 3. The highest BCUT2D eigenvalue weighted by molar-refractivity contribution is 5.26. The first-order valence-corrected chi connectivity index (χ1v) is 6.35. The molecule has 0 radical (unpaired) electrons. The summed E-state index contributed by atoms with van der Waals surface area (Å²) in [6, 6.07) is 10.4. The van der Waals surface area contributed by atoms with Crippen LogP contribution in [0.25, 0.3) is 0 Å². The standard InChI is InChI=1S/C15H20N2O/c1-11-15(13(3)18)12(2)17(16-11)10-9-14-7-5-4-6-8-14/h4-8,13,18H,9-10H2,1-3H3. The monoisotopic (exact) mass is 244 g/mol. The van der Waals surface area contributed by atoms with Crippen molar-refractivity contribution in [3.05, 3.63) is 52.8 Å². The zero-order valence-corrected chi connectivity index (χ0v) is 11.2. The molecule has 18 heavy (non-hydrogen) atoms. The van der Waals surface area contributed by atoms with Gasteiger partial charge in [0.1, 0.15) is 0 Å². The van der Waals surface area contributed by atoms with Gasteiger partial charge in [0.25, 0.3) is 0 Å². The van der Waals surface area contributed by atoms with Crippen molar-refractivity contribution in [2.45, 2.75) is 39.8 Å². The third kappa shape index (κ3) is 2.62. The van der Waals surface area contributed by atoms with Crippen LogP contribution >= 0.6 is 0 Å². The number of aliphatic hydroxyl groups is 1. The van der Waals surface area contributed by atoms with Gasteiger partial charge in [-0.05, 0) is 32.8 Å². The normalized spacial score (nSPS) is 12.7. The van der Waals surface area contributed by atoms with Crippen molar-refractivity contribution >= 4 is 0 Å². The first kappa shape index (κ1) is 12.8. The molecule has 0 saturated carbocycles. The van der Waals surface area contributed by atoms with E-state index in [-0.39, 0.29) is 0 Å². The molecule has 1 heterocycles. The number of aliphatic hydroxyl groups excluding tert-OH is 1. The van der Waals surface area contributed by atoms with Gasteiger partial charge in [0, 0.05) is 17.8 Å². The van der Waals surface area contributed by atoms with Crippen molar-refractivity contribution in [3.8, 4) is 0 Å². The molecule has 2 aromatic rings. The van der Waals surface area contributed by atoms with Crippen LogP contribution in [0.1, 0.15) is 35.5 Å². The van der Waals surface area contributed by atoms with Crippen LogP contribution in [-0.2, 0) is 13.0 Å². The lowest BCUT2D eigenvalue weighted by Gasteiger charge is -2.07. The van der Waals surface area contributed by atoms with E-state index in [1.54, 1.807) is 6.92 Å². The molecule has 1 aromatic heterocycles. The summed E-state index contributed by atoms with van der Waals surface area (Å²) in [6.07, 6.45) is 0.512. The summed E-state index contributed by atoms with van der Waals surface area (Å²) in [5, 5.41) is 14.2. The van der Waals surface area contributed by atoms with Crippen LogP contribution < -0.4 is 0 Å². The SMILES string of the molecule is Cc1nn(CCc2ccccc2)c(C)c1C(C)O. The second-order valence-corrected chi connectivity index (χ2v) is 4.72. The molecule has 3 nitrogen and oxygen atoms in total. The van der Waals surface area contributed by atoms with Crippen LogP contribution in [-0.4, -0.2) is 14.9 Å². The smallest absolute Gasteiger partial charge is 0.0797 e. The summed E-state index contributed by atoms with van der Waals surface area (Å²) in [7, 11) is 0. The van der Waals surface area contributed by atoms with Crippen molar-refractivity contribution in [2.75, 3.05) is 0 Å². The van der Waals surface area contributed by atoms with E-state index >= 15 is 0 Å². The fourth-order valence-electron chi connectivity index (χ4n) is 2.41. The lowest BCUT2D eigenvalue weighted by Crippen LogP contribution is -2.06. The highest BCUT2D eigenvalue weighted by Gasteiger charge is 2.15. The minimum atomic E-state index is -0.449. The van der Waals surface area contributed by atoms with Crippen molar-refractivity contribution in [1.82, 2.24) is 9.78 Å². The molecule has 0 aliphatic carbocycles. The molecule has 0 fully saturated rings. The average Bonchev–Trinajstić information content (AvgIpc) is 2.63. The minimum Gasteiger partial charge on any atom is -0.389 e. The third-order valence-electron chi connectivity index (χ3n) is 3.31. The Kier molecular flexibility index (Phi) is 3.82. The Morgan fingerprint density at radius 2 is 1.89 bits per heavy atom. The average molecular weight is 244 g/mol. The van der Waals surface area contributed by atoms with E-state index in [1.165, 1.54) is 5.56 Å². The Morgan fingerprint density at radius 1 is 1.22 bits per heavy atom. The molecule has 3 heteroatoms. The first-order valence-electron chi connectivity index (χ1n) is 6.35. The second-order valence-electron chi connectivity index (χ2n) is 4.72. The molecule has 1 atom stereocenters. The molecular weight excluding hydrogens is 224 g/mol. The van der Waals surface area contributed by atoms with E-state index in [0.717, 1.165) is 29.9 Å². The second kappa shape index (κ2) is 5.36. The number of aromatic nitrogens is 2. The Hall–Kier alpha value is -1.61. The van der Waals surface area contributed by atoms with Crippen molar-refractivity contribution in [3.63, 3.8) is 0 Å². The van der Waals surface area contributed by atoms with Crippen LogP contribution in [0.15, 0.2) is 30.3 Å². The summed E-state index contributed by atoms with van der Waals surface area (Å²) in [6.45, 7) is 6.61. The number of hydrogen-bond acceptors (Lipinski definition) is 2. The summed E-state index contributed by atoms with van der Waals surface area (Å²) in [5.41, 5.74) is 4.26. The lowest BCUT2D eigenvalue weighted by molar-refractivity contribution is 0.197. The number of hydrogen-bond donors (Lipinski definition) is 1. The van der Waals surface area contributed by atoms with Crippen LogP contribution in [0.5, 0.6) is 0 Å². The fourth-order valence-corrected chi connectivity index (χ4v) is 2.41. The molecule has 0 amide bonds. The largest absolute Gasteiger partial charge is 0.389 e. The maximum Gasteiger partial charge on any atom is 0.0797 e. The van der Waals surface area contributed by atoms with E-state index in [4.69, 9.17) is 0 Å². The van der Waals surface area contributed by atoms with Gasteiger partial charge in [-0.3, -0.25) is 4.68 Å². The fraction of sp³-hybridized carbons (Fsp3) is 0.400. The molecule has 0 aliphatic rings. The van der Waals surface area contributed by atoms with Crippen molar-refractivity contribution in [2.24, 2.45) is 0 Å². The van der Waals surface area contributed by atoms with Crippen molar-refractivity contribution < 1.29 is 5.11 Å². The molecule has 0 bridgehead atoms. The maximum atomic E-state index is 9.73. The quantitative estimate of drug-likeness (QED) is 0.898. The molecule has 1 unspecified atom stereocenters. The third-order valence-corrected chi connectivity index (χ3v) is 3.31. The van der Waals surface area contributed by atoms with Gasteiger partial charge in [-0.2, -0.15) is 5.10 Å². The zero-order valence-electron chi connectivity index (χ0n) is 11.2. The molecule has 1 aromatic carbocycles. The van der Waals surface area contributed by atoms with E-state index in [9.17, 15) is 5.11 Å². The maximum absolute atomic E-state index is 9.73. The van der Waals surface area contributed by atoms with Crippen LogP contribution in [0, 0.1) is 13.8 Å². The van der Waals surface area contributed by atoms with Crippen LogP contribution in [0.3, 0.4) is 0 Å². The van der Waals surface area contributed by atoms with Crippen molar-refractivity contribution in [1.29, 1.82) is 0 Å². The highest BCUT2D eigenvalue weighted by Crippen LogP contribution is 2.21. The molecule has 0 aliphatic heterocycles. The minimum absolute atomic E-state index is 0.449. The van der Waals surface area contributed by atoms with Gasteiger partial charge in [0.15, 0.2) is 0 Å².